The van der Waals surface area contributed by atoms with E-state index in [0.29, 0.717) is 10.6 Å². The molecule has 0 aliphatic carbocycles. The van der Waals surface area contributed by atoms with E-state index in [1.807, 2.05) is 0 Å². The lowest BCUT2D eigenvalue weighted by Crippen LogP contribution is -2.34. The summed E-state index contributed by atoms with van der Waals surface area (Å²) in [6.45, 7) is 3.16. The summed E-state index contributed by atoms with van der Waals surface area (Å²) >= 11 is 1.09. The highest BCUT2D eigenvalue weighted by Crippen LogP contribution is 2.25. The molecular formula is C15H14F2N2O3S. The van der Waals surface area contributed by atoms with E-state index in [0.717, 1.165) is 23.5 Å². The number of hydrogen-bond donors (Lipinski definition) is 1. The van der Waals surface area contributed by atoms with Gasteiger partial charge in [0.05, 0.1) is 0 Å². The number of amides is 1. The number of ether oxygens (including phenoxy) is 1. The fourth-order valence-electron chi connectivity index (χ4n) is 1.70. The molecule has 1 heterocycles. The molecule has 5 nitrogen and oxygen atoms in total. The first-order valence-electron chi connectivity index (χ1n) is 6.74. The molecular weight excluding hydrogens is 326 g/mol. The zero-order valence-electron chi connectivity index (χ0n) is 12.4. The van der Waals surface area contributed by atoms with Gasteiger partial charge in [0.1, 0.15) is 5.01 Å². The quantitative estimate of drug-likeness (QED) is 0.850. The van der Waals surface area contributed by atoms with E-state index in [4.69, 9.17) is 4.74 Å². The minimum Gasteiger partial charge on any atom is -0.451 e. The van der Waals surface area contributed by atoms with Crippen LogP contribution in [0.25, 0.3) is 10.6 Å². The van der Waals surface area contributed by atoms with Crippen LogP contribution in [0.5, 0.6) is 0 Å². The number of nitrogens with one attached hydrogen (secondary N) is 1. The Hall–Kier alpha value is -2.35. The molecule has 0 aliphatic rings. The zero-order chi connectivity index (χ0) is 17.0. The molecule has 0 atom stereocenters. The summed E-state index contributed by atoms with van der Waals surface area (Å²) < 4.78 is 31.0. The monoisotopic (exact) mass is 340 g/mol. The van der Waals surface area contributed by atoms with E-state index in [2.05, 4.69) is 10.3 Å². The third-order valence-electron chi connectivity index (χ3n) is 2.66. The van der Waals surface area contributed by atoms with Crippen LogP contribution < -0.4 is 5.32 Å². The second kappa shape index (κ2) is 7.28. The summed E-state index contributed by atoms with van der Waals surface area (Å²) in [6, 6.07) is 3.29. The van der Waals surface area contributed by atoms with Gasteiger partial charge in [-0.1, -0.05) is 0 Å². The van der Waals surface area contributed by atoms with Crippen molar-refractivity contribution in [1.29, 1.82) is 0 Å². The lowest BCUT2D eigenvalue weighted by molar-refractivity contribution is -0.124. The van der Waals surface area contributed by atoms with Crippen molar-refractivity contribution in [2.75, 3.05) is 6.61 Å². The Balaban J connectivity index is 2.02. The minimum atomic E-state index is -0.993. The molecule has 0 spiro atoms. The molecule has 1 aromatic heterocycles. The Labute approximate surface area is 135 Å². The number of halogens is 2. The van der Waals surface area contributed by atoms with Crippen LogP contribution in [0.1, 0.15) is 24.3 Å². The van der Waals surface area contributed by atoms with Gasteiger partial charge in [-0.3, -0.25) is 4.79 Å². The molecule has 0 saturated heterocycles. The molecule has 0 bridgehead atoms. The summed E-state index contributed by atoms with van der Waals surface area (Å²) in [5.41, 5.74) is 0.359. The zero-order valence-corrected chi connectivity index (χ0v) is 13.2. The topological polar surface area (TPSA) is 68.3 Å². The van der Waals surface area contributed by atoms with Crippen LogP contribution in [0.15, 0.2) is 23.6 Å². The third kappa shape index (κ3) is 4.56. The molecule has 2 aromatic rings. The molecule has 2 rings (SSSR count). The van der Waals surface area contributed by atoms with Gasteiger partial charge in [0.2, 0.25) is 0 Å². The van der Waals surface area contributed by atoms with E-state index in [1.165, 1.54) is 11.4 Å². The molecule has 0 fully saturated rings. The summed E-state index contributed by atoms with van der Waals surface area (Å²) in [4.78, 5) is 27.2. The molecule has 8 heteroatoms. The van der Waals surface area contributed by atoms with E-state index in [1.54, 1.807) is 13.8 Å². The average molecular weight is 340 g/mol. The number of thiazole rings is 1. The molecule has 0 unspecified atom stereocenters. The third-order valence-corrected chi connectivity index (χ3v) is 3.56. The van der Waals surface area contributed by atoms with Crippen molar-refractivity contribution in [3.8, 4) is 10.6 Å². The first-order valence-corrected chi connectivity index (χ1v) is 7.62. The van der Waals surface area contributed by atoms with Crippen LogP contribution in [0.4, 0.5) is 8.78 Å². The predicted octanol–water partition coefficient (Wildman–Crippen LogP) is 2.77. The van der Waals surface area contributed by atoms with E-state index < -0.39 is 30.1 Å². The van der Waals surface area contributed by atoms with Crippen molar-refractivity contribution >= 4 is 23.2 Å². The number of aromatic nitrogens is 1. The SMILES string of the molecule is CC(C)NC(=O)COC(=O)c1csc(-c2ccc(F)c(F)c2)n1. The first kappa shape index (κ1) is 17.0. The van der Waals surface area contributed by atoms with Crippen LogP contribution in [-0.4, -0.2) is 29.5 Å². The fraction of sp³-hybridized carbons (Fsp3) is 0.267. The second-order valence-electron chi connectivity index (χ2n) is 4.97. The normalized spacial score (nSPS) is 10.7. The van der Waals surface area contributed by atoms with Crippen molar-refractivity contribution in [3.63, 3.8) is 0 Å². The summed E-state index contributed by atoms with van der Waals surface area (Å²) in [6.07, 6.45) is 0. The maximum atomic E-state index is 13.2. The molecule has 122 valence electrons. The number of hydrogen-bond acceptors (Lipinski definition) is 5. The smallest absolute Gasteiger partial charge is 0.358 e. The molecule has 1 amide bonds. The van der Waals surface area contributed by atoms with Gasteiger partial charge in [-0.2, -0.15) is 0 Å². The highest BCUT2D eigenvalue weighted by molar-refractivity contribution is 7.13. The predicted molar refractivity (Wildman–Crippen MR) is 81.0 cm³/mol. The van der Waals surface area contributed by atoms with Crippen molar-refractivity contribution in [3.05, 3.63) is 40.9 Å². The Bertz CT molecular complexity index is 731. The Morgan fingerprint density at radius 1 is 1.30 bits per heavy atom. The second-order valence-corrected chi connectivity index (χ2v) is 5.82. The fourth-order valence-corrected chi connectivity index (χ4v) is 2.48. The number of esters is 1. The summed E-state index contributed by atoms with van der Waals surface area (Å²) in [7, 11) is 0. The summed E-state index contributed by atoms with van der Waals surface area (Å²) in [5, 5.41) is 4.36. The molecule has 0 radical (unpaired) electrons. The average Bonchev–Trinajstić information content (AvgIpc) is 2.97. The highest BCUT2D eigenvalue weighted by atomic mass is 32.1. The lowest BCUT2D eigenvalue weighted by atomic mass is 10.2. The maximum Gasteiger partial charge on any atom is 0.358 e. The van der Waals surface area contributed by atoms with Crippen LogP contribution in [0, 0.1) is 11.6 Å². The molecule has 1 N–H and O–H groups in total. The number of nitrogens with zero attached hydrogens (tertiary/aromatic N) is 1. The number of rotatable bonds is 5. The van der Waals surface area contributed by atoms with Crippen LogP contribution in [0.3, 0.4) is 0 Å². The Morgan fingerprint density at radius 3 is 2.70 bits per heavy atom. The first-order chi connectivity index (χ1) is 10.9. The Morgan fingerprint density at radius 2 is 2.04 bits per heavy atom. The standard InChI is InChI=1S/C15H14F2N2O3S/c1-8(2)18-13(20)6-22-15(21)12-7-23-14(19-12)9-3-4-10(16)11(17)5-9/h3-5,7-8H,6H2,1-2H3,(H,18,20). The van der Waals surface area contributed by atoms with Crippen molar-refractivity contribution in [2.45, 2.75) is 19.9 Å². The van der Waals surface area contributed by atoms with Gasteiger partial charge < -0.3 is 10.1 Å². The van der Waals surface area contributed by atoms with Gasteiger partial charge in [-0.25, -0.2) is 18.6 Å². The van der Waals surface area contributed by atoms with Crippen molar-refractivity contribution < 1.29 is 23.1 Å². The van der Waals surface area contributed by atoms with Crippen molar-refractivity contribution in [1.82, 2.24) is 10.3 Å². The van der Waals surface area contributed by atoms with Crippen molar-refractivity contribution in [2.24, 2.45) is 0 Å². The van der Waals surface area contributed by atoms with Crippen LogP contribution >= 0.6 is 11.3 Å². The van der Waals surface area contributed by atoms with Gasteiger partial charge >= 0.3 is 5.97 Å². The number of carbonyl (C=O) groups excluding carboxylic acids is 2. The highest BCUT2D eigenvalue weighted by Gasteiger charge is 2.16. The van der Waals surface area contributed by atoms with E-state index in [9.17, 15) is 18.4 Å². The largest absolute Gasteiger partial charge is 0.451 e. The van der Waals surface area contributed by atoms with Gasteiger partial charge in [0, 0.05) is 17.0 Å². The van der Waals surface area contributed by atoms with Gasteiger partial charge in [0.25, 0.3) is 5.91 Å². The molecule has 0 saturated carbocycles. The number of benzene rings is 1. The molecule has 23 heavy (non-hydrogen) atoms. The van der Waals surface area contributed by atoms with E-state index in [-0.39, 0.29) is 11.7 Å². The van der Waals surface area contributed by atoms with E-state index >= 15 is 0 Å². The minimum absolute atomic E-state index is 0.00656. The lowest BCUT2D eigenvalue weighted by Gasteiger charge is -2.07. The summed E-state index contributed by atoms with van der Waals surface area (Å²) in [5.74, 6) is -3.12. The number of carbonyl (C=O) groups is 2. The Kier molecular flexibility index (Phi) is 5.38. The molecule has 1 aromatic carbocycles. The molecule has 0 aliphatic heterocycles. The van der Waals surface area contributed by atoms with Gasteiger partial charge in [-0.15, -0.1) is 11.3 Å². The van der Waals surface area contributed by atoms with Gasteiger partial charge in [0.15, 0.2) is 23.9 Å². The maximum absolute atomic E-state index is 13.2. The van der Waals surface area contributed by atoms with Crippen LogP contribution in [-0.2, 0) is 9.53 Å². The van der Waals surface area contributed by atoms with Crippen LogP contribution in [0.2, 0.25) is 0 Å². The van der Waals surface area contributed by atoms with Gasteiger partial charge in [-0.05, 0) is 32.0 Å².